The minimum absolute atomic E-state index is 0.807. The Balaban J connectivity index is 0.000000409. The largest absolute Gasteiger partial charge is 0.493 e. The van der Waals surface area contributed by atoms with E-state index in [1.807, 2.05) is 0 Å². The molecule has 7 heteroatoms. The highest BCUT2D eigenvalue weighted by Gasteiger charge is 2.12. The number of aliphatic carboxylic acids is 2. The molecule has 7 nitrogen and oxygen atoms in total. The molecular weight excluding hydrogens is 360 g/mol. The molecule has 0 aromatic heterocycles. The van der Waals surface area contributed by atoms with Crippen LogP contribution in [0.3, 0.4) is 0 Å². The number of likely N-dealkylation sites (N-methyl/N-ethyl adjacent to an activating group) is 1. The van der Waals surface area contributed by atoms with Crippen LogP contribution in [0, 0.1) is 0 Å². The second-order valence-corrected chi connectivity index (χ2v) is 6.79. The van der Waals surface area contributed by atoms with Crippen LogP contribution in [-0.2, 0) is 9.59 Å². The Morgan fingerprint density at radius 3 is 2.25 bits per heavy atom. The summed E-state index contributed by atoms with van der Waals surface area (Å²) in [5.41, 5.74) is 0. The summed E-state index contributed by atoms with van der Waals surface area (Å²) in [5, 5.41) is 17.2. The number of piperazine rings is 1. The highest BCUT2D eigenvalue weighted by Crippen LogP contribution is 2.25. The quantitative estimate of drug-likeness (QED) is 0.580. The zero-order valence-electron chi connectivity index (χ0n) is 16.2. The molecule has 2 aromatic carbocycles. The fourth-order valence-corrected chi connectivity index (χ4v) is 3.01. The zero-order chi connectivity index (χ0) is 20.4. The summed E-state index contributed by atoms with van der Waals surface area (Å²) >= 11 is 0. The van der Waals surface area contributed by atoms with Crippen molar-refractivity contribution < 1.29 is 24.5 Å². The third kappa shape index (κ3) is 7.17. The van der Waals surface area contributed by atoms with Crippen LogP contribution >= 0.6 is 0 Å². The van der Waals surface area contributed by atoms with Crippen LogP contribution < -0.4 is 4.74 Å². The van der Waals surface area contributed by atoms with Crippen LogP contribution in [0.25, 0.3) is 10.8 Å². The first-order chi connectivity index (χ1) is 13.5. The standard InChI is InChI=1S/C19H26N2O.C2H2O4/c1-20-12-14-21(15-13-20)11-4-5-16-22-19-10-6-8-17-7-2-3-9-18(17)19;3-1(4)2(5)6/h2-3,6-10H,4-5,11-16H2,1H3;(H,3,4)(H,5,6). The molecule has 2 aromatic rings. The predicted octanol–water partition coefficient (Wildman–Crippen LogP) is 2.40. The van der Waals surface area contributed by atoms with Gasteiger partial charge in [0.25, 0.3) is 0 Å². The van der Waals surface area contributed by atoms with Crippen LogP contribution in [0.1, 0.15) is 12.8 Å². The average Bonchev–Trinajstić information content (AvgIpc) is 2.69. The number of carboxylic acid groups (broad SMARTS) is 2. The second kappa shape index (κ2) is 11.3. The first kappa shape index (κ1) is 21.7. The third-order valence-electron chi connectivity index (χ3n) is 4.65. The molecule has 0 radical (unpaired) electrons. The number of carbonyl (C=O) groups is 2. The fraction of sp³-hybridized carbons (Fsp3) is 0.429. The molecular formula is C21H28N2O5. The van der Waals surface area contributed by atoms with Crippen molar-refractivity contribution in [3.05, 3.63) is 42.5 Å². The predicted molar refractivity (Wildman–Crippen MR) is 108 cm³/mol. The number of rotatable bonds is 6. The Morgan fingerprint density at radius 2 is 1.57 bits per heavy atom. The first-order valence-corrected chi connectivity index (χ1v) is 9.45. The molecule has 2 N–H and O–H groups in total. The maximum atomic E-state index is 9.10. The van der Waals surface area contributed by atoms with E-state index in [1.54, 1.807) is 0 Å². The highest BCUT2D eigenvalue weighted by atomic mass is 16.5. The number of carboxylic acids is 2. The monoisotopic (exact) mass is 388 g/mol. The van der Waals surface area contributed by atoms with Gasteiger partial charge in [0.2, 0.25) is 0 Å². The SMILES string of the molecule is CN1CCN(CCCCOc2cccc3ccccc23)CC1.O=C(O)C(=O)O. The molecule has 1 heterocycles. The summed E-state index contributed by atoms with van der Waals surface area (Å²) in [6.45, 7) is 6.83. The van der Waals surface area contributed by atoms with Gasteiger partial charge in [-0.2, -0.15) is 0 Å². The van der Waals surface area contributed by atoms with E-state index >= 15 is 0 Å². The summed E-state index contributed by atoms with van der Waals surface area (Å²) in [6.07, 6.45) is 2.34. The number of unbranched alkanes of at least 4 members (excludes halogenated alkanes) is 1. The summed E-state index contributed by atoms with van der Waals surface area (Å²) < 4.78 is 6.00. The van der Waals surface area contributed by atoms with Gasteiger partial charge in [-0.25, -0.2) is 9.59 Å². The molecule has 3 rings (SSSR count). The van der Waals surface area contributed by atoms with Gasteiger partial charge in [0.1, 0.15) is 5.75 Å². The van der Waals surface area contributed by atoms with Crippen LogP contribution in [0.5, 0.6) is 5.75 Å². The molecule has 0 aliphatic carbocycles. The van der Waals surface area contributed by atoms with Gasteiger partial charge in [-0.1, -0.05) is 36.4 Å². The maximum absolute atomic E-state index is 9.10. The second-order valence-electron chi connectivity index (χ2n) is 6.79. The Kier molecular flexibility index (Phi) is 8.71. The zero-order valence-corrected chi connectivity index (χ0v) is 16.2. The van der Waals surface area contributed by atoms with E-state index in [-0.39, 0.29) is 0 Å². The number of nitrogens with zero attached hydrogens (tertiary/aromatic N) is 2. The molecule has 1 saturated heterocycles. The Labute approximate surface area is 165 Å². The normalized spacial score (nSPS) is 14.9. The van der Waals surface area contributed by atoms with Crippen molar-refractivity contribution >= 4 is 22.7 Å². The van der Waals surface area contributed by atoms with Gasteiger partial charge in [-0.05, 0) is 37.9 Å². The molecule has 0 atom stereocenters. The number of benzene rings is 2. The van der Waals surface area contributed by atoms with Crippen molar-refractivity contribution in [1.82, 2.24) is 9.80 Å². The van der Waals surface area contributed by atoms with Gasteiger partial charge in [-0.15, -0.1) is 0 Å². The maximum Gasteiger partial charge on any atom is 0.414 e. The van der Waals surface area contributed by atoms with Crippen molar-refractivity contribution in [2.45, 2.75) is 12.8 Å². The van der Waals surface area contributed by atoms with Crippen LogP contribution in [0.4, 0.5) is 0 Å². The van der Waals surface area contributed by atoms with Gasteiger partial charge in [0.15, 0.2) is 0 Å². The van der Waals surface area contributed by atoms with Crippen molar-refractivity contribution in [2.75, 3.05) is 46.4 Å². The first-order valence-electron chi connectivity index (χ1n) is 9.45. The Hall–Kier alpha value is -2.64. The lowest BCUT2D eigenvalue weighted by molar-refractivity contribution is -0.159. The molecule has 1 aliphatic rings. The number of hydrogen-bond donors (Lipinski definition) is 2. The van der Waals surface area contributed by atoms with E-state index in [0.29, 0.717) is 0 Å². The molecule has 0 saturated carbocycles. The van der Waals surface area contributed by atoms with Crippen molar-refractivity contribution in [2.24, 2.45) is 0 Å². The van der Waals surface area contributed by atoms with Crippen molar-refractivity contribution in [3.8, 4) is 5.75 Å². The summed E-state index contributed by atoms with van der Waals surface area (Å²) in [6, 6.07) is 14.7. The topological polar surface area (TPSA) is 90.3 Å². The third-order valence-corrected chi connectivity index (χ3v) is 4.65. The van der Waals surface area contributed by atoms with E-state index in [4.69, 9.17) is 24.5 Å². The molecule has 1 aliphatic heterocycles. The molecule has 152 valence electrons. The van der Waals surface area contributed by atoms with Crippen molar-refractivity contribution in [3.63, 3.8) is 0 Å². The van der Waals surface area contributed by atoms with Gasteiger partial charge in [0.05, 0.1) is 6.61 Å². The van der Waals surface area contributed by atoms with Gasteiger partial charge < -0.3 is 24.7 Å². The molecule has 0 bridgehead atoms. The number of fused-ring (bicyclic) bond motifs is 1. The van der Waals surface area contributed by atoms with Crippen molar-refractivity contribution in [1.29, 1.82) is 0 Å². The minimum Gasteiger partial charge on any atom is -0.493 e. The molecule has 0 unspecified atom stereocenters. The lowest BCUT2D eigenvalue weighted by Crippen LogP contribution is -2.44. The molecule has 1 fully saturated rings. The number of hydrogen-bond acceptors (Lipinski definition) is 5. The molecule has 0 amide bonds. The van der Waals surface area contributed by atoms with Crippen LogP contribution in [0.15, 0.2) is 42.5 Å². The smallest absolute Gasteiger partial charge is 0.414 e. The van der Waals surface area contributed by atoms with E-state index in [0.717, 1.165) is 18.8 Å². The molecule has 28 heavy (non-hydrogen) atoms. The fourth-order valence-electron chi connectivity index (χ4n) is 3.01. The average molecular weight is 388 g/mol. The highest BCUT2D eigenvalue weighted by molar-refractivity contribution is 6.27. The van der Waals surface area contributed by atoms with E-state index < -0.39 is 11.9 Å². The summed E-state index contributed by atoms with van der Waals surface area (Å²) in [5.74, 6) is -2.64. The molecule has 0 spiro atoms. The van der Waals surface area contributed by atoms with E-state index in [2.05, 4.69) is 59.3 Å². The van der Waals surface area contributed by atoms with Crippen LogP contribution in [-0.4, -0.2) is 78.3 Å². The Bertz CT molecular complexity index is 755. The van der Waals surface area contributed by atoms with Crippen LogP contribution in [0.2, 0.25) is 0 Å². The van der Waals surface area contributed by atoms with E-state index in [1.165, 1.54) is 49.9 Å². The van der Waals surface area contributed by atoms with Gasteiger partial charge in [0, 0.05) is 31.6 Å². The Morgan fingerprint density at radius 1 is 0.929 bits per heavy atom. The summed E-state index contributed by atoms with van der Waals surface area (Å²) in [7, 11) is 2.20. The lowest BCUT2D eigenvalue weighted by Gasteiger charge is -2.32. The van der Waals surface area contributed by atoms with E-state index in [9.17, 15) is 0 Å². The number of ether oxygens (including phenoxy) is 1. The van der Waals surface area contributed by atoms with Gasteiger partial charge >= 0.3 is 11.9 Å². The lowest BCUT2D eigenvalue weighted by atomic mass is 10.1. The van der Waals surface area contributed by atoms with Gasteiger partial charge in [-0.3, -0.25) is 0 Å². The summed E-state index contributed by atoms with van der Waals surface area (Å²) in [4.78, 5) is 23.2. The minimum atomic E-state index is -1.82.